The van der Waals surface area contributed by atoms with E-state index in [0.29, 0.717) is 27.7 Å². The van der Waals surface area contributed by atoms with Crippen LogP contribution in [0, 0.1) is 44.4 Å². The van der Waals surface area contributed by atoms with E-state index in [9.17, 15) is 4.39 Å². The van der Waals surface area contributed by atoms with E-state index < -0.39 is 34.4 Å². The fraction of sp³-hybridized carbons (Fsp3) is 0.233. The smallest absolute Gasteiger partial charge is 0.113 e. The van der Waals surface area contributed by atoms with Gasteiger partial charge in [0, 0.05) is 56.3 Å². The number of benzene rings is 3. The van der Waals surface area contributed by atoms with Gasteiger partial charge in [0.1, 0.15) is 4.83 Å². The number of fused-ring (bicyclic) bond motifs is 3. The SMILES string of the molecule is [2H]C([2H])([2H])c1c[c-]c(-c2cc(CC(C)C)c([Si](C)(C)C)cn2)c(F)c1.[2H]C([2H])([2H])c1ccc2c(n1)sc1c(-c3cc(-c4ccccc4)c(C([2H])([2H])[2H])cn3)[c-]ccc12.[Ir]. The predicted molar refractivity (Wildman–Crippen MR) is 209 cm³/mol. The second-order valence-electron chi connectivity index (χ2n) is 13.4. The molecule has 0 spiro atoms. The van der Waals surface area contributed by atoms with E-state index in [1.54, 1.807) is 18.2 Å². The van der Waals surface area contributed by atoms with Gasteiger partial charge in [-0.25, -0.2) is 4.98 Å². The quantitative estimate of drug-likeness (QED) is 0.123. The summed E-state index contributed by atoms with van der Waals surface area (Å²) in [6, 6.07) is 28.5. The molecule has 0 saturated carbocycles. The number of pyridine rings is 3. The van der Waals surface area contributed by atoms with Crippen molar-refractivity contribution in [2.75, 3.05) is 0 Å². The Morgan fingerprint density at radius 1 is 0.860 bits per heavy atom. The second-order valence-corrected chi connectivity index (χ2v) is 19.5. The molecule has 0 saturated heterocycles. The van der Waals surface area contributed by atoms with Crippen molar-refractivity contribution in [3.63, 3.8) is 0 Å². The number of rotatable bonds is 6. The normalized spacial score (nSPS) is 14.8. The molecule has 7 heteroatoms. The van der Waals surface area contributed by atoms with E-state index in [1.165, 1.54) is 40.4 Å². The van der Waals surface area contributed by atoms with E-state index in [2.05, 4.69) is 60.6 Å². The van der Waals surface area contributed by atoms with Gasteiger partial charge in [0.2, 0.25) is 0 Å². The van der Waals surface area contributed by atoms with Gasteiger partial charge >= 0.3 is 0 Å². The van der Waals surface area contributed by atoms with Crippen molar-refractivity contribution >= 4 is 44.9 Å². The van der Waals surface area contributed by atoms with E-state index in [4.69, 9.17) is 12.3 Å². The van der Waals surface area contributed by atoms with Crippen molar-refractivity contribution in [1.29, 1.82) is 0 Å². The van der Waals surface area contributed by atoms with Crippen molar-refractivity contribution < 1.29 is 36.8 Å². The third kappa shape index (κ3) is 8.19. The average molecular weight is 881 g/mol. The van der Waals surface area contributed by atoms with Crippen LogP contribution in [0.1, 0.15) is 48.6 Å². The topological polar surface area (TPSA) is 38.7 Å². The molecule has 0 amide bonds. The number of halogens is 1. The summed E-state index contributed by atoms with van der Waals surface area (Å²) in [5, 5.41) is 3.07. The van der Waals surface area contributed by atoms with Gasteiger partial charge in [0.05, 0.1) is 8.07 Å². The van der Waals surface area contributed by atoms with Crippen molar-refractivity contribution in [3.8, 4) is 33.6 Å². The molecule has 0 N–H and O–H groups in total. The first-order valence-corrected chi connectivity index (χ1v) is 20.4. The largest absolute Gasteiger partial charge is 0.305 e. The molecule has 0 aliphatic carbocycles. The van der Waals surface area contributed by atoms with E-state index in [-0.39, 0.29) is 42.5 Å². The zero-order chi connectivity index (χ0) is 42.4. The first-order valence-electron chi connectivity index (χ1n) is 20.5. The molecule has 7 rings (SSSR count). The summed E-state index contributed by atoms with van der Waals surface area (Å²) in [6.45, 7) is 4.20. The molecule has 7 aromatic rings. The number of hydrogen-bond donors (Lipinski definition) is 0. The van der Waals surface area contributed by atoms with Crippen LogP contribution >= 0.6 is 11.3 Å². The maximum atomic E-state index is 14.5. The summed E-state index contributed by atoms with van der Waals surface area (Å²) >= 11 is 1.38. The van der Waals surface area contributed by atoms with Crippen LogP contribution in [0.15, 0.2) is 91.3 Å². The number of aryl methyl sites for hydroxylation is 3. The number of nitrogens with zero attached hydrogens (tertiary/aromatic N) is 3. The molecule has 0 aliphatic heterocycles. The summed E-state index contributed by atoms with van der Waals surface area (Å²) in [6.07, 6.45) is 4.18. The molecular weight excluding hydrogens is 830 g/mol. The van der Waals surface area contributed by atoms with Crippen LogP contribution in [0.2, 0.25) is 19.6 Å². The summed E-state index contributed by atoms with van der Waals surface area (Å²) in [5.74, 6) is -0.116. The van der Waals surface area contributed by atoms with Crippen molar-refractivity contribution in [2.24, 2.45) is 5.92 Å². The molecule has 4 aromatic heterocycles. The average Bonchev–Trinajstić information content (AvgIpc) is 3.52. The molecule has 3 nitrogen and oxygen atoms in total. The Morgan fingerprint density at radius 2 is 1.64 bits per heavy atom. The van der Waals surface area contributed by atoms with Crippen LogP contribution in [0.5, 0.6) is 0 Å². The molecule has 4 heterocycles. The summed E-state index contributed by atoms with van der Waals surface area (Å²) in [5.41, 5.74) is 4.82. The Hall–Kier alpha value is -3.87. The van der Waals surface area contributed by atoms with E-state index in [1.807, 2.05) is 48.7 Å². The zero-order valence-electron chi connectivity index (χ0n) is 37.4. The first-order chi connectivity index (χ1) is 27.0. The molecule has 0 bridgehead atoms. The molecular formula is C43H42FIrN3SSi-2. The third-order valence-electron chi connectivity index (χ3n) is 8.12. The van der Waals surface area contributed by atoms with E-state index >= 15 is 0 Å². The minimum Gasteiger partial charge on any atom is -0.305 e. The molecule has 1 radical (unpaired) electrons. The van der Waals surface area contributed by atoms with Gasteiger partial charge in [-0.2, -0.15) is 11.3 Å². The maximum absolute atomic E-state index is 14.5. The fourth-order valence-corrected chi connectivity index (χ4v) is 8.61. The Labute approximate surface area is 327 Å². The third-order valence-corrected chi connectivity index (χ3v) is 11.3. The number of thiophene rings is 1. The molecule has 0 aliphatic rings. The van der Waals surface area contributed by atoms with Crippen molar-refractivity contribution in [2.45, 2.75) is 60.5 Å². The molecule has 0 fully saturated rings. The van der Waals surface area contributed by atoms with Gasteiger partial charge in [-0.1, -0.05) is 105 Å². The van der Waals surface area contributed by atoms with Crippen LogP contribution < -0.4 is 5.19 Å². The molecule has 3 aromatic carbocycles. The van der Waals surface area contributed by atoms with Crippen LogP contribution in [0.25, 0.3) is 53.9 Å². The van der Waals surface area contributed by atoms with E-state index in [0.717, 1.165) is 39.1 Å². The van der Waals surface area contributed by atoms with Crippen molar-refractivity contribution in [3.05, 3.63) is 132 Å². The molecule has 0 unspecified atom stereocenters. The number of aromatic nitrogens is 3. The van der Waals surface area contributed by atoms with Gasteiger partial charge in [-0.05, 0) is 75.5 Å². The van der Waals surface area contributed by atoms with Crippen LogP contribution in [0.3, 0.4) is 0 Å². The van der Waals surface area contributed by atoms with Gasteiger partial charge in [-0.3, -0.25) is 4.39 Å². The Bertz CT molecular complexity index is 2600. The fourth-order valence-electron chi connectivity index (χ4n) is 5.84. The Kier molecular flexibility index (Phi) is 8.37. The minimum absolute atomic E-state index is 0. The first kappa shape index (κ1) is 26.9. The molecule has 50 heavy (non-hydrogen) atoms. The Balaban J connectivity index is 0.000000230. The van der Waals surface area contributed by atoms with Gasteiger partial charge in [-0.15, -0.1) is 47.5 Å². The minimum atomic E-state index is -2.34. The predicted octanol–water partition coefficient (Wildman–Crippen LogP) is 11.3. The molecule has 0 atom stereocenters. The van der Waals surface area contributed by atoms with Gasteiger partial charge in [0.25, 0.3) is 0 Å². The monoisotopic (exact) mass is 881 g/mol. The van der Waals surface area contributed by atoms with Crippen LogP contribution in [-0.4, -0.2) is 23.0 Å². The van der Waals surface area contributed by atoms with Crippen LogP contribution in [-0.2, 0) is 26.5 Å². The zero-order valence-corrected chi connectivity index (χ0v) is 32.6. The van der Waals surface area contributed by atoms with Gasteiger partial charge < -0.3 is 9.97 Å². The van der Waals surface area contributed by atoms with Crippen LogP contribution in [0.4, 0.5) is 4.39 Å². The summed E-state index contributed by atoms with van der Waals surface area (Å²) in [4.78, 5) is 13.9. The molecule has 257 valence electrons. The number of hydrogen-bond acceptors (Lipinski definition) is 4. The summed E-state index contributed by atoms with van der Waals surface area (Å²) < 4.78 is 84.3. The Morgan fingerprint density at radius 3 is 2.34 bits per heavy atom. The van der Waals surface area contributed by atoms with Crippen molar-refractivity contribution in [1.82, 2.24) is 15.0 Å². The standard InChI is InChI=1S/C24H17N2S.C19H25FNSi.Ir/c1-15-14-25-22(13-21(15)17-7-4-3-5-8-17)20-10-6-9-18-19-12-11-16(2)26-24(19)27-23(18)20;1-13(2)9-15-11-18(21-12-19(15)22(4,5)6)16-8-7-14(3)10-17(16)20;/h3-9,11-14H,1-2H3;7,10-13H,9H2,1-6H3;/q2*-1;/i1D3,2D3;3D3;. The second kappa shape index (κ2) is 15.6. The van der Waals surface area contributed by atoms with Gasteiger partial charge in [0.15, 0.2) is 0 Å². The summed E-state index contributed by atoms with van der Waals surface area (Å²) in [7, 11) is -1.56. The maximum Gasteiger partial charge on any atom is 0.113 e.